The molecule has 2 aliphatic heterocycles. The zero-order valence-electron chi connectivity index (χ0n) is 21.7. The molecule has 0 aliphatic carbocycles. The van der Waals surface area contributed by atoms with Crippen molar-refractivity contribution in [3.8, 4) is 11.5 Å². The van der Waals surface area contributed by atoms with Crippen LogP contribution in [-0.2, 0) is 16.0 Å². The summed E-state index contributed by atoms with van der Waals surface area (Å²) in [5, 5.41) is 3.12. The van der Waals surface area contributed by atoms with Gasteiger partial charge in [0.25, 0.3) is 0 Å². The van der Waals surface area contributed by atoms with Gasteiger partial charge < -0.3 is 24.6 Å². The quantitative estimate of drug-likeness (QED) is 0.626. The maximum Gasteiger partial charge on any atom is 0.223 e. The number of nitrogens with one attached hydrogen (secondary N) is 1. The van der Waals surface area contributed by atoms with Gasteiger partial charge in [-0.15, -0.1) is 0 Å². The number of methoxy groups -OCH3 is 2. The van der Waals surface area contributed by atoms with E-state index in [0.717, 1.165) is 63.8 Å². The van der Waals surface area contributed by atoms with Crippen molar-refractivity contribution in [3.63, 3.8) is 0 Å². The maximum atomic E-state index is 12.7. The molecular formula is C27H43N3O4. The highest BCUT2D eigenvalue weighted by Crippen LogP contribution is 2.28. The number of amides is 2. The van der Waals surface area contributed by atoms with Crippen LogP contribution in [0.5, 0.6) is 11.5 Å². The van der Waals surface area contributed by atoms with Crippen molar-refractivity contribution >= 4 is 11.8 Å². The van der Waals surface area contributed by atoms with Crippen LogP contribution in [0.15, 0.2) is 18.2 Å². The summed E-state index contributed by atoms with van der Waals surface area (Å²) in [5.41, 5.74) is 1.15. The summed E-state index contributed by atoms with van der Waals surface area (Å²) in [7, 11) is 3.26. The number of carbonyl (C=O) groups is 2. The van der Waals surface area contributed by atoms with Gasteiger partial charge in [0, 0.05) is 38.0 Å². The number of nitrogens with zero attached hydrogens (tertiary/aromatic N) is 2. The molecule has 2 amide bonds. The smallest absolute Gasteiger partial charge is 0.223 e. The van der Waals surface area contributed by atoms with Gasteiger partial charge in [0.05, 0.1) is 14.2 Å². The van der Waals surface area contributed by atoms with Crippen LogP contribution < -0.4 is 14.8 Å². The van der Waals surface area contributed by atoms with Gasteiger partial charge in [-0.25, -0.2) is 0 Å². The predicted octanol–water partition coefficient (Wildman–Crippen LogP) is 3.50. The summed E-state index contributed by atoms with van der Waals surface area (Å²) in [4.78, 5) is 29.8. The van der Waals surface area contributed by atoms with Crippen LogP contribution in [-0.4, -0.2) is 74.6 Å². The van der Waals surface area contributed by atoms with Crippen LogP contribution in [0.4, 0.5) is 0 Å². The van der Waals surface area contributed by atoms with Crippen LogP contribution in [0.25, 0.3) is 0 Å². The lowest BCUT2D eigenvalue weighted by Gasteiger charge is -2.42. The lowest BCUT2D eigenvalue weighted by Crippen LogP contribution is -2.50. The number of ether oxygens (including phenoxy) is 2. The lowest BCUT2D eigenvalue weighted by molar-refractivity contribution is -0.135. The van der Waals surface area contributed by atoms with E-state index in [1.165, 1.54) is 0 Å². The maximum absolute atomic E-state index is 12.7. The third-order valence-electron chi connectivity index (χ3n) is 7.08. The van der Waals surface area contributed by atoms with Crippen LogP contribution >= 0.6 is 0 Å². The van der Waals surface area contributed by atoms with Gasteiger partial charge in [-0.3, -0.25) is 9.59 Å². The molecule has 7 heteroatoms. The zero-order valence-corrected chi connectivity index (χ0v) is 21.7. The van der Waals surface area contributed by atoms with Crippen molar-refractivity contribution in [3.05, 3.63) is 23.8 Å². The highest BCUT2D eigenvalue weighted by atomic mass is 16.5. The number of benzene rings is 1. The molecule has 0 saturated carbocycles. The third kappa shape index (κ3) is 7.36. The van der Waals surface area contributed by atoms with Crippen molar-refractivity contribution in [1.82, 2.24) is 15.1 Å². The van der Waals surface area contributed by atoms with Crippen molar-refractivity contribution in [2.45, 2.75) is 65.3 Å². The fourth-order valence-electron chi connectivity index (χ4n) is 5.08. The van der Waals surface area contributed by atoms with Crippen molar-refractivity contribution < 1.29 is 19.1 Å². The molecule has 1 aromatic rings. The van der Waals surface area contributed by atoms with E-state index in [2.05, 4.69) is 31.0 Å². The Kier molecular flexibility index (Phi) is 9.23. The average molecular weight is 474 g/mol. The van der Waals surface area contributed by atoms with E-state index in [9.17, 15) is 9.59 Å². The molecule has 2 aliphatic rings. The topological polar surface area (TPSA) is 71.1 Å². The molecule has 1 N–H and O–H groups in total. The molecule has 0 unspecified atom stereocenters. The van der Waals surface area contributed by atoms with E-state index in [-0.39, 0.29) is 23.1 Å². The number of rotatable bonds is 8. The van der Waals surface area contributed by atoms with E-state index >= 15 is 0 Å². The Morgan fingerprint density at radius 2 is 1.62 bits per heavy atom. The highest BCUT2D eigenvalue weighted by Gasteiger charge is 2.32. The monoisotopic (exact) mass is 473 g/mol. The van der Waals surface area contributed by atoms with Crippen LogP contribution in [0.3, 0.4) is 0 Å². The molecule has 7 nitrogen and oxygen atoms in total. The molecule has 2 saturated heterocycles. The van der Waals surface area contributed by atoms with Crippen molar-refractivity contribution in [1.29, 1.82) is 0 Å². The standard InChI is InChI=1S/C27H43N3O4/c1-27(2,3)19-25(31)30-16-11-22(12-17-30)29-14-9-21(10-15-29)26(32)28-13-8-20-6-7-23(33-4)24(18-20)34-5/h6-7,18,21-22H,8-17,19H2,1-5H3,(H,28,32). The number of hydrogen-bond acceptors (Lipinski definition) is 5. The van der Waals surface area contributed by atoms with Crippen LogP contribution in [0.1, 0.15) is 58.4 Å². The second-order valence-corrected chi connectivity index (χ2v) is 10.9. The van der Waals surface area contributed by atoms with E-state index < -0.39 is 0 Å². The second-order valence-electron chi connectivity index (χ2n) is 10.9. The summed E-state index contributed by atoms with van der Waals surface area (Å²) in [6.45, 7) is 10.6. The Morgan fingerprint density at radius 3 is 2.21 bits per heavy atom. The minimum atomic E-state index is 0.0396. The minimum Gasteiger partial charge on any atom is -0.493 e. The Hall–Kier alpha value is -2.28. The van der Waals surface area contributed by atoms with Gasteiger partial charge in [0.15, 0.2) is 11.5 Å². The first kappa shape index (κ1) is 26.3. The molecule has 34 heavy (non-hydrogen) atoms. The number of likely N-dealkylation sites (tertiary alicyclic amines) is 2. The zero-order chi connectivity index (χ0) is 24.7. The highest BCUT2D eigenvalue weighted by molar-refractivity contribution is 5.78. The summed E-state index contributed by atoms with van der Waals surface area (Å²) in [6.07, 6.45) is 5.27. The Morgan fingerprint density at radius 1 is 0.971 bits per heavy atom. The SMILES string of the molecule is COc1ccc(CCNC(=O)C2CCN(C3CCN(C(=O)CC(C)(C)C)CC3)CC2)cc1OC. The average Bonchev–Trinajstić information content (AvgIpc) is 2.83. The Labute approximate surface area is 205 Å². The van der Waals surface area contributed by atoms with Gasteiger partial charge in [-0.1, -0.05) is 26.8 Å². The van der Waals surface area contributed by atoms with Crippen molar-refractivity contribution in [2.24, 2.45) is 11.3 Å². The first-order valence-corrected chi connectivity index (χ1v) is 12.7. The molecule has 0 bridgehead atoms. The molecule has 2 heterocycles. The van der Waals surface area contributed by atoms with Gasteiger partial charge in [0.2, 0.25) is 11.8 Å². The van der Waals surface area contributed by atoms with E-state index in [0.29, 0.717) is 30.5 Å². The first-order chi connectivity index (χ1) is 16.2. The fraction of sp³-hybridized carbons (Fsp3) is 0.704. The number of carbonyl (C=O) groups excluding carboxylic acids is 2. The fourth-order valence-corrected chi connectivity index (χ4v) is 5.08. The predicted molar refractivity (Wildman–Crippen MR) is 134 cm³/mol. The summed E-state index contributed by atoms with van der Waals surface area (Å²) in [6, 6.07) is 6.41. The summed E-state index contributed by atoms with van der Waals surface area (Å²) < 4.78 is 10.6. The molecule has 190 valence electrons. The minimum absolute atomic E-state index is 0.0396. The van der Waals surface area contributed by atoms with E-state index in [1.54, 1.807) is 14.2 Å². The largest absolute Gasteiger partial charge is 0.493 e. The van der Waals surface area contributed by atoms with Gasteiger partial charge in [-0.2, -0.15) is 0 Å². The second kappa shape index (κ2) is 11.9. The lowest BCUT2D eigenvalue weighted by atomic mass is 9.90. The molecule has 2 fully saturated rings. The molecular weight excluding hydrogens is 430 g/mol. The van der Waals surface area contributed by atoms with Gasteiger partial charge in [-0.05, 0) is 68.3 Å². The summed E-state index contributed by atoms with van der Waals surface area (Å²) >= 11 is 0. The van der Waals surface area contributed by atoms with E-state index in [4.69, 9.17) is 9.47 Å². The summed E-state index contributed by atoms with van der Waals surface area (Å²) in [5.74, 6) is 1.97. The Balaban J connectivity index is 1.36. The first-order valence-electron chi connectivity index (χ1n) is 12.7. The normalized spacial score (nSPS) is 18.6. The van der Waals surface area contributed by atoms with E-state index in [1.807, 2.05) is 23.1 Å². The third-order valence-corrected chi connectivity index (χ3v) is 7.08. The van der Waals surface area contributed by atoms with Crippen molar-refractivity contribution in [2.75, 3.05) is 46.9 Å². The van der Waals surface area contributed by atoms with Crippen LogP contribution in [0, 0.1) is 11.3 Å². The van der Waals surface area contributed by atoms with Gasteiger partial charge >= 0.3 is 0 Å². The molecule has 3 rings (SSSR count). The molecule has 0 atom stereocenters. The number of hydrogen-bond donors (Lipinski definition) is 1. The Bertz CT molecular complexity index is 820. The molecule has 0 radical (unpaired) electrons. The molecule has 0 aromatic heterocycles. The molecule has 0 spiro atoms. The molecule has 1 aromatic carbocycles. The van der Waals surface area contributed by atoms with Gasteiger partial charge in [0.1, 0.15) is 0 Å². The van der Waals surface area contributed by atoms with Crippen LogP contribution in [0.2, 0.25) is 0 Å². The number of piperidine rings is 2.